The van der Waals surface area contributed by atoms with Crippen molar-refractivity contribution in [1.82, 2.24) is 34.0 Å². The molecule has 2 atom stereocenters. The molecule has 12 heteroatoms. The first-order chi connectivity index (χ1) is 16.6. The zero-order valence-corrected chi connectivity index (χ0v) is 18.9. The van der Waals surface area contributed by atoms with Crippen molar-refractivity contribution in [2.45, 2.75) is 25.2 Å². The number of pyridine rings is 1. The molecule has 4 aromatic heterocycles. The van der Waals surface area contributed by atoms with Crippen molar-refractivity contribution in [2.24, 2.45) is 0 Å². The minimum atomic E-state index is -1.06. The Labute approximate surface area is 194 Å². The van der Waals surface area contributed by atoms with Crippen LogP contribution in [-0.4, -0.2) is 86.3 Å². The van der Waals surface area contributed by atoms with E-state index in [4.69, 9.17) is 10.5 Å². The predicted molar refractivity (Wildman–Crippen MR) is 125 cm³/mol. The molecule has 0 radical (unpaired) electrons. The van der Waals surface area contributed by atoms with Gasteiger partial charge in [0, 0.05) is 38.5 Å². The molecule has 0 aliphatic carbocycles. The van der Waals surface area contributed by atoms with Crippen LogP contribution in [-0.2, 0) is 11.3 Å². The molecule has 1 saturated heterocycles. The third-order valence-corrected chi connectivity index (χ3v) is 6.15. The number of alkyl halides is 2. The Morgan fingerprint density at radius 1 is 1.24 bits per heavy atom. The zero-order chi connectivity index (χ0) is 23.7. The number of nitrogens with zero attached hydrogens (tertiary/aromatic N) is 7. The second-order valence-electron chi connectivity index (χ2n) is 8.36. The number of nitrogen functional groups attached to an aromatic ring is 1. The first kappa shape index (κ1) is 22.4. The average Bonchev–Trinajstić information content (AvgIpc) is 3.44. The number of piperidine rings is 1. The Balaban J connectivity index is 1.39. The summed E-state index contributed by atoms with van der Waals surface area (Å²) in [4.78, 5) is 15.4. The Bertz CT molecular complexity index is 1290. The SMILES string of the molecule is COCCN1CC[C@H](Nc2nc(N)c3c(-c4ccc5ncn(CCF)c5n4)ccn3n2)[C@H](F)C1. The minimum Gasteiger partial charge on any atom is -0.383 e. The molecule has 3 N–H and O–H groups in total. The number of anilines is 2. The zero-order valence-electron chi connectivity index (χ0n) is 18.9. The minimum absolute atomic E-state index is 0.185. The highest BCUT2D eigenvalue weighted by Gasteiger charge is 2.30. The van der Waals surface area contributed by atoms with Gasteiger partial charge >= 0.3 is 0 Å². The van der Waals surface area contributed by atoms with Gasteiger partial charge < -0.3 is 20.4 Å². The van der Waals surface area contributed by atoms with Crippen LogP contribution in [0.2, 0.25) is 0 Å². The molecule has 34 heavy (non-hydrogen) atoms. The van der Waals surface area contributed by atoms with Crippen LogP contribution in [0.3, 0.4) is 0 Å². The molecule has 0 aromatic carbocycles. The van der Waals surface area contributed by atoms with Gasteiger partial charge in [-0.15, -0.1) is 5.10 Å². The van der Waals surface area contributed by atoms with Gasteiger partial charge in [0.1, 0.15) is 23.9 Å². The Kier molecular flexibility index (Phi) is 6.24. The highest BCUT2D eigenvalue weighted by molar-refractivity contribution is 5.88. The van der Waals surface area contributed by atoms with Gasteiger partial charge in [-0.25, -0.2) is 23.3 Å². The van der Waals surface area contributed by atoms with Crippen molar-refractivity contribution < 1.29 is 13.5 Å². The molecule has 4 aromatic rings. The Morgan fingerprint density at radius 3 is 2.91 bits per heavy atom. The molecule has 10 nitrogen and oxygen atoms in total. The van der Waals surface area contributed by atoms with Crippen molar-refractivity contribution in [2.75, 3.05) is 51.1 Å². The second kappa shape index (κ2) is 9.47. The molecular weight excluding hydrogens is 444 g/mol. The molecule has 1 aliphatic rings. The first-order valence-electron chi connectivity index (χ1n) is 11.2. The molecule has 5 rings (SSSR count). The number of hydrogen-bond acceptors (Lipinski definition) is 8. The molecule has 180 valence electrons. The summed E-state index contributed by atoms with van der Waals surface area (Å²) < 4.78 is 36.0. The van der Waals surface area contributed by atoms with E-state index in [1.807, 2.05) is 23.1 Å². The Hall–Kier alpha value is -3.38. The summed E-state index contributed by atoms with van der Waals surface area (Å²) in [5.74, 6) is 0.527. The van der Waals surface area contributed by atoms with E-state index in [1.54, 1.807) is 28.7 Å². The number of likely N-dealkylation sites (tertiary alicyclic amines) is 1. The van der Waals surface area contributed by atoms with Crippen molar-refractivity contribution >= 4 is 28.4 Å². The normalized spacial score (nSPS) is 19.3. The number of halogens is 2. The fourth-order valence-electron chi connectivity index (χ4n) is 4.38. The van der Waals surface area contributed by atoms with Gasteiger partial charge in [0.2, 0.25) is 5.95 Å². The number of nitrogens with two attached hydrogens (primary N) is 1. The lowest BCUT2D eigenvalue weighted by atomic mass is 10.0. The monoisotopic (exact) mass is 471 g/mol. The third kappa shape index (κ3) is 4.26. The first-order valence-corrected chi connectivity index (χ1v) is 11.2. The molecule has 0 spiro atoms. The molecule has 0 saturated carbocycles. The standard InChI is InChI=1S/C22H27F2N9O/c1-34-11-10-31-7-5-17(15(24)12-31)28-22-29-20(25)19-14(4-8-33(19)30-22)16-2-3-18-21(27-16)32(9-6-23)13-26-18/h2-4,8,13,15,17H,5-7,9-12H2,1H3,(H3,25,28,29,30)/t15-,17+/m1/s1. The Morgan fingerprint density at radius 2 is 2.12 bits per heavy atom. The van der Waals surface area contributed by atoms with Gasteiger partial charge in [-0.05, 0) is 24.6 Å². The molecule has 0 bridgehead atoms. The third-order valence-electron chi connectivity index (χ3n) is 6.15. The highest BCUT2D eigenvalue weighted by Crippen LogP contribution is 2.29. The van der Waals surface area contributed by atoms with Crippen molar-refractivity contribution in [1.29, 1.82) is 0 Å². The number of rotatable bonds is 8. The number of aromatic nitrogens is 6. The number of methoxy groups -OCH3 is 1. The van der Waals surface area contributed by atoms with Gasteiger partial charge in [-0.1, -0.05) is 0 Å². The van der Waals surface area contributed by atoms with E-state index in [0.717, 1.165) is 12.1 Å². The quantitative estimate of drug-likeness (QED) is 0.402. The van der Waals surface area contributed by atoms with E-state index in [1.165, 1.54) is 0 Å². The van der Waals surface area contributed by atoms with E-state index in [9.17, 15) is 8.78 Å². The summed E-state index contributed by atoms with van der Waals surface area (Å²) in [5.41, 5.74) is 9.58. The number of imidazole rings is 1. The van der Waals surface area contributed by atoms with Crippen LogP contribution in [0.15, 0.2) is 30.7 Å². The van der Waals surface area contributed by atoms with Crippen molar-refractivity contribution in [3.63, 3.8) is 0 Å². The lowest BCUT2D eigenvalue weighted by Gasteiger charge is -2.34. The molecule has 1 fully saturated rings. The lowest BCUT2D eigenvalue weighted by molar-refractivity contribution is 0.0918. The summed E-state index contributed by atoms with van der Waals surface area (Å²) >= 11 is 0. The summed E-state index contributed by atoms with van der Waals surface area (Å²) in [6.45, 7) is 2.07. The number of ether oxygens (including phenoxy) is 1. The van der Waals surface area contributed by atoms with Gasteiger partial charge in [0.15, 0.2) is 11.5 Å². The van der Waals surface area contributed by atoms with E-state index in [0.29, 0.717) is 48.5 Å². The average molecular weight is 472 g/mol. The number of fused-ring (bicyclic) bond motifs is 2. The van der Waals surface area contributed by atoms with Gasteiger partial charge in [-0.2, -0.15) is 4.98 Å². The van der Waals surface area contributed by atoms with Crippen LogP contribution < -0.4 is 11.1 Å². The number of aryl methyl sites for hydroxylation is 1. The number of nitrogens with one attached hydrogen (secondary N) is 1. The maximum Gasteiger partial charge on any atom is 0.243 e. The summed E-state index contributed by atoms with van der Waals surface area (Å²) in [5, 5.41) is 7.61. The van der Waals surface area contributed by atoms with Crippen molar-refractivity contribution in [3.8, 4) is 11.3 Å². The van der Waals surface area contributed by atoms with Crippen LogP contribution in [0.25, 0.3) is 27.9 Å². The van der Waals surface area contributed by atoms with E-state index in [2.05, 4.69) is 25.4 Å². The molecule has 5 heterocycles. The number of hydrogen-bond donors (Lipinski definition) is 2. The van der Waals surface area contributed by atoms with Crippen LogP contribution in [0, 0.1) is 0 Å². The summed E-state index contributed by atoms with van der Waals surface area (Å²) in [6, 6.07) is 5.12. The molecular formula is C22H27F2N9O. The smallest absolute Gasteiger partial charge is 0.243 e. The van der Waals surface area contributed by atoms with E-state index < -0.39 is 18.9 Å². The molecule has 0 unspecified atom stereocenters. The van der Waals surface area contributed by atoms with Crippen LogP contribution >= 0.6 is 0 Å². The maximum atomic E-state index is 14.8. The van der Waals surface area contributed by atoms with E-state index in [-0.39, 0.29) is 18.3 Å². The topological polar surface area (TPSA) is 111 Å². The fourth-order valence-corrected chi connectivity index (χ4v) is 4.38. The summed E-state index contributed by atoms with van der Waals surface area (Å²) in [6.07, 6.45) is 2.91. The van der Waals surface area contributed by atoms with Gasteiger partial charge in [-0.3, -0.25) is 4.90 Å². The fraction of sp³-hybridized carbons (Fsp3) is 0.455. The highest BCUT2D eigenvalue weighted by atomic mass is 19.1. The van der Waals surface area contributed by atoms with Gasteiger partial charge in [0.05, 0.1) is 31.2 Å². The van der Waals surface area contributed by atoms with E-state index >= 15 is 0 Å². The van der Waals surface area contributed by atoms with Gasteiger partial charge in [0.25, 0.3) is 0 Å². The molecule has 1 aliphatic heterocycles. The van der Waals surface area contributed by atoms with Crippen LogP contribution in [0.4, 0.5) is 20.5 Å². The molecule has 0 amide bonds. The second-order valence-corrected chi connectivity index (χ2v) is 8.36. The van der Waals surface area contributed by atoms with Crippen LogP contribution in [0.5, 0.6) is 0 Å². The predicted octanol–water partition coefficient (Wildman–Crippen LogP) is 2.16. The van der Waals surface area contributed by atoms with Crippen molar-refractivity contribution in [3.05, 3.63) is 30.7 Å². The summed E-state index contributed by atoms with van der Waals surface area (Å²) in [7, 11) is 1.64. The van der Waals surface area contributed by atoms with Crippen LogP contribution in [0.1, 0.15) is 6.42 Å². The largest absolute Gasteiger partial charge is 0.383 e. The lowest BCUT2D eigenvalue weighted by Crippen LogP contribution is -2.48. The maximum absolute atomic E-state index is 14.8.